The summed E-state index contributed by atoms with van der Waals surface area (Å²) >= 11 is 5.57. The Morgan fingerprint density at radius 3 is 2.27 bits per heavy atom. The third-order valence-electron chi connectivity index (χ3n) is 14.6. The first-order valence-corrected chi connectivity index (χ1v) is 29.1. The first kappa shape index (κ1) is 50.7. The van der Waals surface area contributed by atoms with E-state index < -0.39 is 5.97 Å². The highest BCUT2D eigenvalue weighted by Gasteiger charge is 2.32. The molecule has 0 fully saturated rings. The van der Waals surface area contributed by atoms with Crippen molar-refractivity contribution in [3.05, 3.63) is 159 Å². The summed E-state index contributed by atoms with van der Waals surface area (Å²) in [5.41, 5.74) is 14.9. The van der Waals surface area contributed by atoms with Gasteiger partial charge in [-0.3, -0.25) is 25.2 Å². The molecule has 13 rings (SSSR count). The van der Waals surface area contributed by atoms with Crippen molar-refractivity contribution in [1.82, 2.24) is 24.5 Å². The molecule has 2 aliphatic heterocycles. The van der Waals surface area contributed by atoms with Crippen molar-refractivity contribution in [1.29, 1.82) is 0 Å². The van der Waals surface area contributed by atoms with Gasteiger partial charge in [0.15, 0.2) is 16.0 Å². The summed E-state index contributed by atoms with van der Waals surface area (Å²) in [6, 6.07) is 38.0. The Hall–Kier alpha value is -8.76. The first-order valence-electron chi connectivity index (χ1n) is 25.8. The van der Waals surface area contributed by atoms with Crippen LogP contribution in [-0.4, -0.2) is 74.4 Å². The number of amides is 4. The average molecular weight is 1140 g/mol. The Bertz CT molecular complexity index is 4340. The molecular formula is C59H48N10O7S4. The number of thiazole rings is 4. The third kappa shape index (κ3) is 9.50. The molecule has 1 unspecified atom stereocenters. The molecule has 80 heavy (non-hydrogen) atoms. The number of urea groups is 2. The van der Waals surface area contributed by atoms with Crippen LogP contribution in [0.4, 0.5) is 36.9 Å². The number of ether oxygens (including phenoxy) is 2. The van der Waals surface area contributed by atoms with Crippen LogP contribution in [0.5, 0.6) is 11.5 Å². The summed E-state index contributed by atoms with van der Waals surface area (Å²) in [7, 11) is 3.34. The molecule has 0 saturated heterocycles. The zero-order valence-electron chi connectivity index (χ0n) is 43.0. The highest BCUT2D eigenvalue weighted by Crippen LogP contribution is 2.45. The summed E-state index contributed by atoms with van der Waals surface area (Å²) in [5.74, 6) is 0.0598. The zero-order valence-corrected chi connectivity index (χ0v) is 46.3. The number of rotatable bonds is 12. The van der Waals surface area contributed by atoms with E-state index >= 15 is 0 Å². The second-order valence-electron chi connectivity index (χ2n) is 19.5. The number of methoxy groups -OCH3 is 1. The van der Waals surface area contributed by atoms with Gasteiger partial charge in [-0.05, 0) is 109 Å². The maximum atomic E-state index is 14.4. The molecule has 5 N–H and O–H groups in total. The summed E-state index contributed by atoms with van der Waals surface area (Å²) in [6.07, 6.45) is 3.20. The normalized spacial score (nSPS) is 14.2. The Morgan fingerprint density at radius 2 is 1.49 bits per heavy atom. The van der Waals surface area contributed by atoms with Crippen LogP contribution in [0, 0.1) is 0 Å². The van der Waals surface area contributed by atoms with Gasteiger partial charge in [0.05, 0.1) is 44.4 Å². The minimum atomic E-state index is -1.12. The van der Waals surface area contributed by atoms with E-state index in [0.29, 0.717) is 98.1 Å². The second kappa shape index (κ2) is 20.8. The number of para-hydroxylation sites is 1. The number of hydrogen-bond acceptors (Lipinski definition) is 15. The predicted octanol–water partition coefficient (Wildman–Crippen LogP) is 13.0. The number of benzene rings is 6. The standard InChI is InChI=1S/C59H48N10O7S4/c1-67-44-30-36(75-2)18-20-40(44)51-50(54(67)70)64-53(80-51)33-15-14-31-8-6-23-68(43(31)26-33)58(73)66-57-62-42-21-17-32(28-48(42)79-57)38-22-24-69(59(74)65-56-61-41-11-3-4-12-46(41)78-56)45-27-34(16-19-39(38)45)52-63-49(55(71)72)47(77-52)13-7-25-76-37-10-5-9-35(60)29-37/h3-5,9-12,14-21,26-30,38H,6-8,13,22-25,60H2,1-2H3,(H,71,72)(H,61,65,74)(H,62,66,73). The number of nitrogens with two attached hydrogens (primary N) is 1. The fraction of sp³-hybridized carbons (Fsp3) is 0.186. The van der Waals surface area contributed by atoms with Crippen molar-refractivity contribution in [3.8, 4) is 32.6 Å². The van der Waals surface area contributed by atoms with Crippen LogP contribution >= 0.6 is 45.3 Å². The van der Waals surface area contributed by atoms with E-state index in [4.69, 9.17) is 25.2 Å². The van der Waals surface area contributed by atoms with Gasteiger partial charge in [-0.2, -0.15) is 0 Å². The lowest BCUT2D eigenvalue weighted by Gasteiger charge is -2.34. The lowest BCUT2D eigenvalue weighted by Crippen LogP contribution is -2.39. The number of anilines is 5. The Balaban J connectivity index is 0.771. The maximum absolute atomic E-state index is 14.4. The number of nitrogens with zero attached hydrogens (tertiary/aromatic N) is 7. The molecule has 0 radical (unpaired) electrons. The fourth-order valence-electron chi connectivity index (χ4n) is 10.7. The SMILES string of the molecule is COc1ccc2c3sc(-c4ccc5c(c4)N(C(=O)Nc4nc6ccc(C7CCN(C(=O)Nc8nc9ccccc9s8)c8cc(-c9nc(C(=O)O)c(CCCOc%10cccc(N)c%10)s9)ccc87)cc6s4)CCC5)nc3c(=O)n(C)c2c1. The molecule has 0 spiro atoms. The van der Waals surface area contributed by atoms with Gasteiger partial charge in [0.2, 0.25) is 0 Å². The quantitative estimate of drug-likeness (QED) is 0.0663. The van der Waals surface area contributed by atoms with Crippen LogP contribution in [0.15, 0.2) is 126 Å². The smallest absolute Gasteiger partial charge is 0.355 e. The van der Waals surface area contributed by atoms with E-state index in [2.05, 4.69) is 32.7 Å². The summed E-state index contributed by atoms with van der Waals surface area (Å²) in [5, 5.41) is 19.5. The van der Waals surface area contributed by atoms with Gasteiger partial charge in [-0.25, -0.2) is 34.3 Å². The topological polar surface area (TPSA) is 220 Å². The predicted molar refractivity (Wildman–Crippen MR) is 320 cm³/mol. The Morgan fingerprint density at radius 1 is 0.738 bits per heavy atom. The van der Waals surface area contributed by atoms with E-state index in [1.807, 2.05) is 97.1 Å². The van der Waals surface area contributed by atoms with Crippen LogP contribution in [0.1, 0.15) is 57.2 Å². The maximum Gasteiger partial charge on any atom is 0.355 e. The van der Waals surface area contributed by atoms with Crippen molar-refractivity contribution in [2.75, 3.05) is 53.0 Å². The minimum absolute atomic E-state index is 0.00896. The average Bonchev–Trinajstić information content (AvgIpc) is 4.33. The Kier molecular flexibility index (Phi) is 13.2. The van der Waals surface area contributed by atoms with Gasteiger partial charge in [0.25, 0.3) is 5.56 Å². The van der Waals surface area contributed by atoms with Gasteiger partial charge in [0, 0.05) is 76.6 Å². The number of aromatic carboxylic acids is 1. The van der Waals surface area contributed by atoms with Crippen LogP contribution in [0.25, 0.3) is 62.7 Å². The molecule has 21 heteroatoms. The monoisotopic (exact) mass is 1140 g/mol. The molecule has 17 nitrogen and oxygen atoms in total. The van der Waals surface area contributed by atoms with E-state index in [0.717, 1.165) is 76.8 Å². The largest absolute Gasteiger partial charge is 0.497 e. The number of aromatic nitrogens is 5. The number of carboxylic acid groups (broad SMARTS) is 1. The summed E-state index contributed by atoms with van der Waals surface area (Å²) in [6.45, 7) is 1.25. The number of pyridine rings is 1. The van der Waals surface area contributed by atoms with Crippen molar-refractivity contribution in [2.45, 2.75) is 38.0 Å². The minimum Gasteiger partial charge on any atom is -0.497 e. The summed E-state index contributed by atoms with van der Waals surface area (Å²) in [4.78, 5) is 77.9. The van der Waals surface area contributed by atoms with Crippen molar-refractivity contribution in [3.63, 3.8) is 0 Å². The number of aryl methyl sites for hydroxylation is 3. The van der Waals surface area contributed by atoms with Crippen molar-refractivity contribution < 1.29 is 29.0 Å². The number of fused-ring (bicyclic) bond motifs is 7. The summed E-state index contributed by atoms with van der Waals surface area (Å²) < 4.78 is 15.6. The molecule has 6 aromatic carbocycles. The van der Waals surface area contributed by atoms with Crippen LogP contribution in [-0.2, 0) is 19.9 Å². The van der Waals surface area contributed by atoms with Crippen LogP contribution in [0.2, 0.25) is 0 Å². The van der Waals surface area contributed by atoms with E-state index in [-0.39, 0.29) is 29.2 Å². The number of carbonyl (C=O) groups excluding carboxylic acids is 2. The molecule has 11 aromatic rings. The molecule has 2 aliphatic rings. The van der Waals surface area contributed by atoms with E-state index in [1.165, 1.54) is 45.3 Å². The molecule has 400 valence electrons. The molecule has 1 atom stereocenters. The molecule has 4 amide bonds. The lowest BCUT2D eigenvalue weighted by atomic mass is 9.84. The molecule has 0 bridgehead atoms. The van der Waals surface area contributed by atoms with Gasteiger partial charge in [-0.15, -0.1) is 22.7 Å². The number of hydrogen-bond donors (Lipinski definition) is 4. The van der Waals surface area contributed by atoms with Gasteiger partial charge in [-0.1, -0.05) is 71.2 Å². The highest BCUT2D eigenvalue weighted by molar-refractivity contribution is 7.23. The van der Waals surface area contributed by atoms with Crippen molar-refractivity contribution >= 4 is 132 Å². The number of carboxylic acids is 1. The molecular weight excluding hydrogens is 1090 g/mol. The first-order chi connectivity index (χ1) is 38.9. The number of nitrogens with one attached hydrogen (secondary N) is 2. The van der Waals surface area contributed by atoms with Crippen LogP contribution < -0.4 is 41.2 Å². The van der Waals surface area contributed by atoms with Crippen LogP contribution in [0.3, 0.4) is 0 Å². The van der Waals surface area contributed by atoms with E-state index in [9.17, 15) is 24.3 Å². The fourth-order valence-corrected chi connectivity index (χ4v) is 14.6. The van der Waals surface area contributed by atoms with Gasteiger partial charge in [0.1, 0.15) is 27.0 Å². The number of nitrogen functional groups attached to an aromatic ring is 1. The third-order valence-corrected chi connectivity index (χ3v) is 18.8. The number of carbonyl (C=O) groups is 3. The molecule has 0 aliphatic carbocycles. The molecule has 5 aromatic heterocycles. The van der Waals surface area contributed by atoms with Gasteiger partial charge < -0.3 is 24.9 Å². The van der Waals surface area contributed by atoms with Crippen molar-refractivity contribution in [2.24, 2.45) is 7.05 Å². The lowest BCUT2D eigenvalue weighted by molar-refractivity contribution is 0.0690. The zero-order chi connectivity index (χ0) is 54.8. The Labute approximate surface area is 472 Å². The van der Waals surface area contributed by atoms with Gasteiger partial charge >= 0.3 is 18.0 Å². The highest BCUT2D eigenvalue weighted by atomic mass is 32.1. The second-order valence-corrected chi connectivity index (χ2v) is 23.7. The molecule has 7 heterocycles. The van der Waals surface area contributed by atoms with E-state index in [1.54, 1.807) is 40.7 Å². The molecule has 0 saturated carbocycles.